The summed E-state index contributed by atoms with van der Waals surface area (Å²) in [7, 11) is 0. The highest BCUT2D eigenvalue weighted by Gasteiger charge is 2.35. The summed E-state index contributed by atoms with van der Waals surface area (Å²) in [4.78, 5) is 14.6. The molecule has 0 saturated carbocycles. The van der Waals surface area contributed by atoms with Crippen molar-refractivity contribution in [1.82, 2.24) is 4.90 Å². The number of halogens is 1. The van der Waals surface area contributed by atoms with Crippen LogP contribution in [-0.2, 0) is 30.6 Å². The molecule has 33 heavy (non-hydrogen) atoms. The molecule has 1 aliphatic rings. The van der Waals surface area contributed by atoms with Crippen molar-refractivity contribution in [3.8, 4) is 5.75 Å². The minimum atomic E-state index is -0.293. The van der Waals surface area contributed by atoms with Gasteiger partial charge in [-0.25, -0.2) is 0 Å². The molecule has 5 heteroatoms. The minimum Gasteiger partial charge on any atom is -0.487 e. The topological polar surface area (TPSA) is 49.8 Å². The number of nitrogens with zero attached hydrogens (tertiary/aromatic N) is 1. The Morgan fingerprint density at radius 1 is 1.03 bits per heavy atom. The Kier molecular flexibility index (Phi) is 7.36. The summed E-state index contributed by atoms with van der Waals surface area (Å²) in [5.74, 6) is 0.977. The Bertz CT molecular complexity index is 1080. The molecule has 0 spiro atoms. The summed E-state index contributed by atoms with van der Waals surface area (Å²) in [6, 6.07) is 24.0. The van der Waals surface area contributed by atoms with Gasteiger partial charge in [-0.1, -0.05) is 66.2 Å². The maximum absolute atomic E-state index is 12.9. The molecule has 1 N–H and O–H groups in total. The molecule has 3 aromatic carbocycles. The molecule has 0 saturated heterocycles. The fourth-order valence-corrected chi connectivity index (χ4v) is 4.61. The Morgan fingerprint density at radius 2 is 1.76 bits per heavy atom. The van der Waals surface area contributed by atoms with Crippen LogP contribution in [0.15, 0.2) is 72.8 Å². The molecule has 1 atom stereocenters. The zero-order valence-electron chi connectivity index (χ0n) is 19.0. The van der Waals surface area contributed by atoms with Gasteiger partial charge < -0.3 is 14.7 Å². The molecule has 0 fully saturated rings. The summed E-state index contributed by atoms with van der Waals surface area (Å²) in [6.45, 7) is 2.96. The molecule has 0 aromatic heterocycles. The van der Waals surface area contributed by atoms with Gasteiger partial charge in [0.2, 0.25) is 5.91 Å². The largest absolute Gasteiger partial charge is 0.487 e. The van der Waals surface area contributed by atoms with E-state index >= 15 is 0 Å². The standard InChI is InChI=1S/C28H30ClNO3/c1-28(18-22-7-11-25(29)12-8-22)19-24-17-21(9-13-26(24)33-28)10-14-27(32)30(15-16-31)20-23-5-3-2-4-6-23/h2-9,11-13,17,31H,10,14-16,18-20H2,1H3/t28-/m0/s1. The molecule has 4 nitrogen and oxygen atoms in total. The first-order valence-corrected chi connectivity index (χ1v) is 11.8. The van der Waals surface area contributed by atoms with Gasteiger partial charge in [-0.2, -0.15) is 0 Å². The molecule has 1 amide bonds. The van der Waals surface area contributed by atoms with Crippen molar-refractivity contribution in [3.05, 3.63) is 100 Å². The van der Waals surface area contributed by atoms with Crippen molar-refractivity contribution >= 4 is 17.5 Å². The van der Waals surface area contributed by atoms with Crippen molar-refractivity contribution in [2.45, 2.75) is 44.8 Å². The van der Waals surface area contributed by atoms with Crippen molar-refractivity contribution in [2.24, 2.45) is 0 Å². The molecule has 0 radical (unpaired) electrons. The zero-order chi connectivity index (χ0) is 23.3. The van der Waals surface area contributed by atoms with Crippen LogP contribution in [0, 0.1) is 0 Å². The van der Waals surface area contributed by atoms with Crippen molar-refractivity contribution in [2.75, 3.05) is 13.2 Å². The Hall–Kier alpha value is -2.82. The first-order valence-electron chi connectivity index (χ1n) is 11.4. The number of carbonyl (C=O) groups is 1. The normalized spacial score (nSPS) is 16.8. The second kappa shape index (κ2) is 10.4. The van der Waals surface area contributed by atoms with Gasteiger partial charge in [0.1, 0.15) is 11.4 Å². The highest BCUT2D eigenvalue weighted by Crippen LogP contribution is 2.37. The van der Waals surface area contributed by atoms with Crippen LogP contribution in [0.25, 0.3) is 0 Å². The van der Waals surface area contributed by atoms with Crippen LogP contribution in [-0.4, -0.2) is 34.7 Å². The maximum Gasteiger partial charge on any atom is 0.223 e. The third kappa shape index (κ3) is 6.16. The lowest BCUT2D eigenvalue weighted by Crippen LogP contribution is -2.33. The van der Waals surface area contributed by atoms with E-state index in [2.05, 4.69) is 13.0 Å². The van der Waals surface area contributed by atoms with E-state index < -0.39 is 0 Å². The molecular weight excluding hydrogens is 434 g/mol. The predicted octanol–water partition coefficient (Wildman–Crippen LogP) is 5.23. The number of aryl methyl sites for hydroxylation is 1. The van der Waals surface area contributed by atoms with Gasteiger partial charge in [0, 0.05) is 37.4 Å². The van der Waals surface area contributed by atoms with E-state index in [0.717, 1.165) is 34.7 Å². The summed E-state index contributed by atoms with van der Waals surface area (Å²) in [6.07, 6.45) is 2.71. The number of carbonyl (C=O) groups excluding carboxylic acids is 1. The summed E-state index contributed by atoms with van der Waals surface area (Å²) >= 11 is 6.01. The SMILES string of the molecule is C[C@]1(Cc2ccc(Cl)cc2)Cc2cc(CCC(=O)N(CCO)Cc3ccccc3)ccc2O1. The second-order valence-corrected chi connectivity index (χ2v) is 9.43. The maximum atomic E-state index is 12.9. The van der Waals surface area contributed by atoms with Crippen LogP contribution >= 0.6 is 11.6 Å². The van der Waals surface area contributed by atoms with Crippen LogP contribution < -0.4 is 4.74 Å². The number of hydrogen-bond acceptors (Lipinski definition) is 3. The van der Waals surface area contributed by atoms with Crippen LogP contribution in [0.1, 0.15) is 35.6 Å². The van der Waals surface area contributed by atoms with Gasteiger partial charge in [-0.05, 0) is 53.8 Å². The van der Waals surface area contributed by atoms with Crippen LogP contribution in [0.4, 0.5) is 0 Å². The predicted molar refractivity (Wildman–Crippen MR) is 132 cm³/mol. The smallest absolute Gasteiger partial charge is 0.223 e. The average Bonchev–Trinajstić information content (AvgIpc) is 3.14. The van der Waals surface area contributed by atoms with Crippen LogP contribution in [0.2, 0.25) is 5.02 Å². The van der Waals surface area contributed by atoms with Gasteiger partial charge >= 0.3 is 0 Å². The van der Waals surface area contributed by atoms with Gasteiger partial charge in [0.25, 0.3) is 0 Å². The number of amides is 1. The molecular formula is C28H30ClNO3. The number of rotatable bonds is 9. The summed E-state index contributed by atoms with van der Waals surface area (Å²) in [5.41, 5.74) is 4.29. The fraction of sp³-hybridized carbons (Fsp3) is 0.321. The van der Waals surface area contributed by atoms with Crippen molar-refractivity contribution < 1.29 is 14.6 Å². The van der Waals surface area contributed by atoms with Crippen LogP contribution in [0.3, 0.4) is 0 Å². The lowest BCUT2D eigenvalue weighted by Gasteiger charge is -2.24. The molecule has 0 unspecified atom stereocenters. The minimum absolute atomic E-state index is 0.0407. The monoisotopic (exact) mass is 463 g/mol. The van der Waals surface area contributed by atoms with E-state index in [1.165, 1.54) is 11.1 Å². The second-order valence-electron chi connectivity index (χ2n) is 9.00. The van der Waals surface area contributed by atoms with E-state index in [1.807, 2.05) is 66.7 Å². The fourth-order valence-electron chi connectivity index (χ4n) is 4.49. The number of aliphatic hydroxyl groups excluding tert-OH is 1. The van der Waals surface area contributed by atoms with Gasteiger partial charge in [0.15, 0.2) is 0 Å². The first-order chi connectivity index (χ1) is 15.9. The summed E-state index contributed by atoms with van der Waals surface area (Å²) in [5, 5.41) is 10.1. The van der Waals surface area contributed by atoms with E-state index in [4.69, 9.17) is 16.3 Å². The molecule has 4 rings (SSSR count). The quantitative estimate of drug-likeness (QED) is 0.472. The van der Waals surface area contributed by atoms with Gasteiger partial charge in [-0.15, -0.1) is 0 Å². The average molecular weight is 464 g/mol. The Labute approximate surface area is 200 Å². The van der Waals surface area contributed by atoms with Gasteiger partial charge in [0.05, 0.1) is 6.61 Å². The lowest BCUT2D eigenvalue weighted by molar-refractivity contribution is -0.132. The Morgan fingerprint density at radius 3 is 2.48 bits per heavy atom. The highest BCUT2D eigenvalue weighted by atomic mass is 35.5. The molecule has 1 heterocycles. The molecule has 172 valence electrons. The molecule has 1 aliphatic heterocycles. The third-order valence-corrected chi connectivity index (χ3v) is 6.36. The van der Waals surface area contributed by atoms with Crippen LogP contribution in [0.5, 0.6) is 5.75 Å². The highest BCUT2D eigenvalue weighted by molar-refractivity contribution is 6.30. The number of aliphatic hydroxyl groups is 1. The van der Waals surface area contributed by atoms with Crippen molar-refractivity contribution in [1.29, 1.82) is 0 Å². The molecule has 0 bridgehead atoms. The molecule has 0 aliphatic carbocycles. The Balaban J connectivity index is 1.36. The van der Waals surface area contributed by atoms with E-state index in [1.54, 1.807) is 4.90 Å². The van der Waals surface area contributed by atoms with E-state index in [0.29, 0.717) is 25.9 Å². The van der Waals surface area contributed by atoms with E-state index in [-0.39, 0.29) is 18.1 Å². The third-order valence-electron chi connectivity index (χ3n) is 6.10. The molecule has 3 aromatic rings. The van der Waals surface area contributed by atoms with Crippen molar-refractivity contribution in [3.63, 3.8) is 0 Å². The van der Waals surface area contributed by atoms with Gasteiger partial charge in [-0.3, -0.25) is 4.79 Å². The number of hydrogen-bond donors (Lipinski definition) is 1. The number of benzene rings is 3. The van der Waals surface area contributed by atoms with E-state index in [9.17, 15) is 9.90 Å². The lowest BCUT2D eigenvalue weighted by atomic mass is 9.91. The number of fused-ring (bicyclic) bond motifs is 1. The first kappa shape index (κ1) is 23.3. The zero-order valence-corrected chi connectivity index (χ0v) is 19.7. The number of ether oxygens (including phenoxy) is 1. The summed E-state index contributed by atoms with van der Waals surface area (Å²) < 4.78 is 6.31.